The fourth-order valence-corrected chi connectivity index (χ4v) is 3.13. The number of amides is 2. The Morgan fingerprint density at radius 3 is 2.85 bits per heavy atom. The van der Waals surface area contributed by atoms with Crippen LogP contribution in [0.2, 0.25) is 0 Å². The normalized spacial score (nSPS) is 10.5. The van der Waals surface area contributed by atoms with Gasteiger partial charge in [0, 0.05) is 34.6 Å². The molecule has 0 saturated carbocycles. The van der Waals surface area contributed by atoms with E-state index in [4.69, 9.17) is 5.73 Å². The first-order valence-electron chi connectivity index (χ1n) is 5.99. The number of hydrogen-bond acceptors (Lipinski definition) is 4. The zero-order chi connectivity index (χ0) is 14.7. The molecule has 2 amide bonds. The summed E-state index contributed by atoms with van der Waals surface area (Å²) in [6.07, 6.45) is 0.249. The highest BCUT2D eigenvalue weighted by atomic mass is 79.9. The van der Waals surface area contributed by atoms with Crippen LogP contribution in [0.25, 0.3) is 10.1 Å². The Balaban J connectivity index is 2.14. The van der Waals surface area contributed by atoms with E-state index in [9.17, 15) is 9.59 Å². The molecule has 1 heterocycles. The van der Waals surface area contributed by atoms with Crippen LogP contribution >= 0.6 is 27.3 Å². The van der Waals surface area contributed by atoms with Crippen molar-refractivity contribution in [3.8, 4) is 0 Å². The van der Waals surface area contributed by atoms with E-state index >= 15 is 0 Å². The van der Waals surface area contributed by atoms with Crippen LogP contribution in [-0.4, -0.2) is 25.4 Å². The second-order valence-corrected chi connectivity index (χ2v) is 6.13. The number of thiophene rings is 1. The first-order valence-corrected chi connectivity index (χ1v) is 7.60. The van der Waals surface area contributed by atoms with Crippen molar-refractivity contribution in [2.45, 2.75) is 6.42 Å². The monoisotopic (exact) mass is 355 g/mol. The van der Waals surface area contributed by atoms with Gasteiger partial charge in [-0.3, -0.25) is 9.59 Å². The molecular weight excluding hydrogens is 342 g/mol. The lowest BCUT2D eigenvalue weighted by Crippen LogP contribution is -2.29. The quantitative estimate of drug-likeness (QED) is 0.785. The van der Waals surface area contributed by atoms with Gasteiger partial charge >= 0.3 is 0 Å². The highest BCUT2D eigenvalue weighted by molar-refractivity contribution is 9.10. The number of rotatable bonds is 4. The number of nitrogen functional groups attached to an aromatic ring is 1. The third kappa shape index (κ3) is 3.10. The minimum Gasteiger partial charge on any atom is -0.397 e. The predicted molar refractivity (Wildman–Crippen MR) is 85.0 cm³/mol. The van der Waals surface area contributed by atoms with Gasteiger partial charge in [-0.25, -0.2) is 0 Å². The lowest BCUT2D eigenvalue weighted by molar-refractivity contribution is -0.120. The second kappa shape index (κ2) is 6.23. The summed E-state index contributed by atoms with van der Waals surface area (Å²) in [4.78, 5) is 23.6. The number of fused-ring (bicyclic) bond motifs is 1. The minimum atomic E-state index is -0.247. The Labute approximate surface area is 128 Å². The van der Waals surface area contributed by atoms with Gasteiger partial charge in [-0.1, -0.05) is 15.9 Å². The van der Waals surface area contributed by atoms with Crippen LogP contribution in [0.3, 0.4) is 0 Å². The number of hydrogen-bond donors (Lipinski definition) is 3. The summed E-state index contributed by atoms with van der Waals surface area (Å²) in [5.74, 6) is -0.359. The zero-order valence-electron chi connectivity index (χ0n) is 10.8. The van der Waals surface area contributed by atoms with E-state index in [2.05, 4.69) is 26.6 Å². The largest absolute Gasteiger partial charge is 0.397 e. The molecule has 2 aromatic rings. The Bertz CT molecular complexity index is 669. The van der Waals surface area contributed by atoms with Crippen molar-refractivity contribution in [3.63, 3.8) is 0 Å². The minimum absolute atomic E-state index is 0.112. The van der Waals surface area contributed by atoms with Gasteiger partial charge in [-0.2, -0.15) is 0 Å². The molecule has 5 nitrogen and oxygen atoms in total. The standard InChI is InChI=1S/C13H14BrN3O2S/c1-16-10(18)4-5-17-13(19)12-11(15)8-6-7(14)2-3-9(8)20-12/h2-3,6H,4-5,15H2,1H3,(H,16,18)(H,17,19). The van der Waals surface area contributed by atoms with Gasteiger partial charge in [-0.15, -0.1) is 11.3 Å². The van der Waals surface area contributed by atoms with Crippen molar-refractivity contribution < 1.29 is 9.59 Å². The van der Waals surface area contributed by atoms with E-state index in [0.29, 0.717) is 10.6 Å². The maximum absolute atomic E-state index is 12.1. The molecule has 106 valence electrons. The van der Waals surface area contributed by atoms with E-state index < -0.39 is 0 Å². The number of anilines is 1. The predicted octanol–water partition coefficient (Wildman–Crippen LogP) is 2.11. The molecule has 0 aliphatic rings. The molecule has 0 aliphatic carbocycles. The summed E-state index contributed by atoms with van der Waals surface area (Å²) in [7, 11) is 1.56. The molecule has 0 fully saturated rings. The smallest absolute Gasteiger partial charge is 0.263 e. The number of nitrogens with one attached hydrogen (secondary N) is 2. The van der Waals surface area contributed by atoms with Gasteiger partial charge in [-0.05, 0) is 18.2 Å². The maximum Gasteiger partial charge on any atom is 0.263 e. The molecule has 0 unspecified atom stereocenters. The topological polar surface area (TPSA) is 84.2 Å². The summed E-state index contributed by atoms with van der Waals surface area (Å²) in [6, 6.07) is 5.72. The summed E-state index contributed by atoms with van der Waals surface area (Å²) in [6.45, 7) is 0.288. The SMILES string of the molecule is CNC(=O)CCNC(=O)c1sc2ccc(Br)cc2c1N. The number of halogens is 1. The van der Waals surface area contributed by atoms with Crippen LogP contribution in [0.5, 0.6) is 0 Å². The first-order chi connectivity index (χ1) is 9.52. The number of carbonyl (C=O) groups excluding carboxylic acids is 2. The lowest BCUT2D eigenvalue weighted by Gasteiger charge is -2.03. The second-order valence-electron chi connectivity index (χ2n) is 4.16. The molecule has 4 N–H and O–H groups in total. The van der Waals surface area contributed by atoms with Gasteiger partial charge < -0.3 is 16.4 Å². The number of benzene rings is 1. The number of carbonyl (C=O) groups is 2. The highest BCUT2D eigenvalue weighted by Crippen LogP contribution is 2.35. The number of nitrogens with two attached hydrogens (primary N) is 1. The molecule has 0 atom stereocenters. The summed E-state index contributed by atoms with van der Waals surface area (Å²) in [5.41, 5.74) is 6.49. The third-order valence-corrected chi connectivity index (χ3v) is 4.49. The highest BCUT2D eigenvalue weighted by Gasteiger charge is 2.16. The van der Waals surface area contributed by atoms with Crippen molar-refractivity contribution in [1.82, 2.24) is 10.6 Å². The van der Waals surface area contributed by atoms with E-state index in [1.165, 1.54) is 11.3 Å². The molecule has 0 saturated heterocycles. The van der Waals surface area contributed by atoms with Crippen LogP contribution < -0.4 is 16.4 Å². The third-order valence-electron chi connectivity index (χ3n) is 2.81. The molecule has 0 radical (unpaired) electrons. The summed E-state index contributed by atoms with van der Waals surface area (Å²) < 4.78 is 1.88. The lowest BCUT2D eigenvalue weighted by atomic mass is 10.2. The van der Waals surface area contributed by atoms with E-state index in [1.54, 1.807) is 7.05 Å². The van der Waals surface area contributed by atoms with Gasteiger partial charge in [0.2, 0.25) is 5.91 Å². The Morgan fingerprint density at radius 2 is 2.15 bits per heavy atom. The van der Waals surface area contributed by atoms with Crippen molar-refractivity contribution in [3.05, 3.63) is 27.5 Å². The first kappa shape index (κ1) is 14.8. The van der Waals surface area contributed by atoms with E-state index in [1.807, 2.05) is 18.2 Å². The van der Waals surface area contributed by atoms with Crippen molar-refractivity contribution in [1.29, 1.82) is 0 Å². The molecule has 1 aromatic heterocycles. The van der Waals surface area contributed by atoms with Crippen molar-refractivity contribution in [2.24, 2.45) is 0 Å². The van der Waals surface area contributed by atoms with Gasteiger partial charge in [0.15, 0.2) is 0 Å². The Hall–Kier alpha value is -1.60. The Kier molecular flexibility index (Phi) is 4.61. The molecule has 1 aromatic carbocycles. The van der Waals surface area contributed by atoms with Gasteiger partial charge in [0.1, 0.15) is 4.88 Å². The van der Waals surface area contributed by atoms with E-state index in [0.717, 1.165) is 14.6 Å². The fraction of sp³-hybridized carbons (Fsp3) is 0.231. The molecule has 0 bridgehead atoms. The average Bonchev–Trinajstić information content (AvgIpc) is 2.75. The van der Waals surface area contributed by atoms with Gasteiger partial charge in [0.25, 0.3) is 5.91 Å². The van der Waals surface area contributed by atoms with Gasteiger partial charge in [0.05, 0.1) is 5.69 Å². The van der Waals surface area contributed by atoms with E-state index in [-0.39, 0.29) is 24.8 Å². The van der Waals surface area contributed by atoms with Crippen LogP contribution in [0.15, 0.2) is 22.7 Å². The van der Waals surface area contributed by atoms with Crippen LogP contribution in [0, 0.1) is 0 Å². The summed E-state index contributed by atoms with van der Waals surface area (Å²) in [5, 5.41) is 6.06. The zero-order valence-corrected chi connectivity index (χ0v) is 13.2. The maximum atomic E-state index is 12.1. The average molecular weight is 356 g/mol. The van der Waals surface area contributed by atoms with Crippen LogP contribution in [0.4, 0.5) is 5.69 Å². The molecule has 2 rings (SSSR count). The molecular formula is C13H14BrN3O2S. The van der Waals surface area contributed by atoms with Crippen LogP contribution in [-0.2, 0) is 4.79 Å². The van der Waals surface area contributed by atoms with Crippen LogP contribution in [0.1, 0.15) is 16.1 Å². The van der Waals surface area contributed by atoms with Crippen molar-refractivity contribution >= 4 is 54.9 Å². The summed E-state index contributed by atoms with van der Waals surface area (Å²) >= 11 is 4.73. The Morgan fingerprint density at radius 1 is 1.40 bits per heavy atom. The molecule has 0 aliphatic heterocycles. The molecule has 20 heavy (non-hydrogen) atoms. The van der Waals surface area contributed by atoms with Crippen molar-refractivity contribution in [2.75, 3.05) is 19.3 Å². The molecule has 7 heteroatoms. The molecule has 0 spiro atoms. The fourth-order valence-electron chi connectivity index (χ4n) is 1.75.